The Balaban J connectivity index is 2.19. The third kappa shape index (κ3) is 3.30. The number of rotatable bonds is 6. The van der Waals surface area contributed by atoms with E-state index in [1.807, 2.05) is 0 Å². The lowest BCUT2D eigenvalue weighted by molar-refractivity contribution is 0.305. The topological polar surface area (TPSA) is 32.5 Å². The number of likely N-dealkylation sites (tertiary alicyclic amines) is 1. The quantitative estimate of drug-likeness (QED) is 0.817. The van der Waals surface area contributed by atoms with Crippen molar-refractivity contribution in [3.05, 3.63) is 29.8 Å². The van der Waals surface area contributed by atoms with E-state index in [0.29, 0.717) is 4.99 Å². The summed E-state index contributed by atoms with van der Waals surface area (Å²) in [6.45, 7) is 8.61. The summed E-state index contributed by atoms with van der Waals surface area (Å²) in [5.41, 5.74) is 8.46. The van der Waals surface area contributed by atoms with Crippen LogP contribution in [-0.2, 0) is 0 Å². The molecule has 3 nitrogen and oxygen atoms in total. The van der Waals surface area contributed by atoms with Crippen LogP contribution in [-0.4, -0.2) is 36.1 Å². The van der Waals surface area contributed by atoms with Crippen molar-refractivity contribution in [2.24, 2.45) is 5.73 Å². The van der Waals surface area contributed by atoms with Crippen molar-refractivity contribution in [2.75, 3.05) is 31.1 Å². The van der Waals surface area contributed by atoms with Crippen LogP contribution in [0.15, 0.2) is 24.3 Å². The highest BCUT2D eigenvalue weighted by molar-refractivity contribution is 7.80. The number of nitrogens with zero attached hydrogens (tertiary/aromatic N) is 2. The Hall–Kier alpha value is -1.13. The van der Waals surface area contributed by atoms with E-state index in [2.05, 4.69) is 47.9 Å². The molecule has 2 N–H and O–H groups in total. The maximum absolute atomic E-state index is 5.98. The predicted octanol–water partition coefficient (Wildman–Crippen LogP) is 2.96. The van der Waals surface area contributed by atoms with Gasteiger partial charge in [-0.2, -0.15) is 0 Å². The second-order valence-corrected chi connectivity index (χ2v) is 5.78. The minimum atomic E-state index is 0.0956. The lowest BCUT2D eigenvalue weighted by atomic mass is 10.0. The van der Waals surface area contributed by atoms with Crippen LogP contribution >= 0.6 is 12.2 Å². The molecule has 1 unspecified atom stereocenters. The van der Waals surface area contributed by atoms with Gasteiger partial charge in [0.25, 0.3) is 0 Å². The Morgan fingerprint density at radius 2 is 1.75 bits per heavy atom. The lowest BCUT2D eigenvalue weighted by Gasteiger charge is -2.28. The van der Waals surface area contributed by atoms with Crippen LogP contribution in [0, 0.1) is 0 Å². The van der Waals surface area contributed by atoms with Crippen molar-refractivity contribution in [3.63, 3.8) is 0 Å². The van der Waals surface area contributed by atoms with E-state index in [9.17, 15) is 0 Å². The van der Waals surface area contributed by atoms with Gasteiger partial charge in [0, 0.05) is 18.8 Å². The molecule has 0 amide bonds. The average molecular weight is 291 g/mol. The van der Waals surface area contributed by atoms with Gasteiger partial charge in [-0.1, -0.05) is 24.4 Å². The van der Waals surface area contributed by atoms with E-state index in [1.54, 1.807) is 0 Å². The molecule has 0 aliphatic carbocycles. The Morgan fingerprint density at radius 1 is 1.20 bits per heavy atom. The SMILES string of the molecule is CCN(CC)c1ccc(C(C(N)=S)N2CCCC2)cc1. The molecular weight excluding hydrogens is 266 g/mol. The van der Waals surface area contributed by atoms with Crippen LogP contribution in [0.3, 0.4) is 0 Å². The van der Waals surface area contributed by atoms with Gasteiger partial charge in [-0.3, -0.25) is 4.90 Å². The van der Waals surface area contributed by atoms with Gasteiger partial charge in [0.05, 0.1) is 11.0 Å². The molecule has 1 aromatic rings. The molecule has 1 saturated heterocycles. The van der Waals surface area contributed by atoms with Crippen LogP contribution in [0.25, 0.3) is 0 Å². The zero-order valence-corrected chi connectivity index (χ0v) is 13.3. The number of hydrogen-bond donors (Lipinski definition) is 1. The molecule has 0 radical (unpaired) electrons. The van der Waals surface area contributed by atoms with Crippen LogP contribution in [0.2, 0.25) is 0 Å². The first-order valence-electron chi connectivity index (χ1n) is 7.55. The smallest absolute Gasteiger partial charge is 0.0948 e. The molecule has 1 aliphatic heterocycles. The van der Waals surface area contributed by atoms with Crippen LogP contribution < -0.4 is 10.6 Å². The number of benzene rings is 1. The summed E-state index contributed by atoms with van der Waals surface area (Å²) >= 11 is 5.29. The maximum atomic E-state index is 5.98. The van der Waals surface area contributed by atoms with E-state index in [1.165, 1.54) is 24.1 Å². The largest absolute Gasteiger partial charge is 0.392 e. The Kier molecular flexibility index (Phi) is 5.38. The number of anilines is 1. The summed E-state index contributed by atoms with van der Waals surface area (Å²) in [6, 6.07) is 8.82. The molecule has 0 aromatic heterocycles. The number of hydrogen-bond acceptors (Lipinski definition) is 3. The Bertz CT molecular complexity index is 434. The van der Waals surface area contributed by atoms with Crippen molar-refractivity contribution in [3.8, 4) is 0 Å². The van der Waals surface area contributed by atoms with Gasteiger partial charge in [-0.15, -0.1) is 0 Å². The summed E-state index contributed by atoms with van der Waals surface area (Å²) in [4.78, 5) is 5.33. The minimum absolute atomic E-state index is 0.0956. The summed E-state index contributed by atoms with van der Waals surface area (Å²) in [7, 11) is 0. The van der Waals surface area contributed by atoms with E-state index in [4.69, 9.17) is 18.0 Å². The van der Waals surface area contributed by atoms with E-state index < -0.39 is 0 Å². The molecule has 2 rings (SSSR count). The summed E-state index contributed by atoms with van der Waals surface area (Å²) < 4.78 is 0. The molecule has 1 atom stereocenters. The van der Waals surface area contributed by atoms with E-state index in [0.717, 1.165) is 26.2 Å². The van der Waals surface area contributed by atoms with E-state index in [-0.39, 0.29) is 6.04 Å². The van der Waals surface area contributed by atoms with Crippen molar-refractivity contribution < 1.29 is 0 Å². The molecule has 4 heteroatoms. The molecular formula is C16H25N3S. The molecule has 1 heterocycles. The van der Waals surface area contributed by atoms with Gasteiger partial charge >= 0.3 is 0 Å². The summed E-state index contributed by atoms with van der Waals surface area (Å²) in [5.74, 6) is 0. The fourth-order valence-corrected chi connectivity index (χ4v) is 3.30. The highest BCUT2D eigenvalue weighted by Crippen LogP contribution is 2.27. The van der Waals surface area contributed by atoms with Crippen molar-refractivity contribution >= 4 is 22.9 Å². The first-order valence-corrected chi connectivity index (χ1v) is 7.96. The van der Waals surface area contributed by atoms with Crippen LogP contribution in [0.5, 0.6) is 0 Å². The fraction of sp³-hybridized carbons (Fsp3) is 0.562. The Labute approximate surface area is 127 Å². The maximum Gasteiger partial charge on any atom is 0.0948 e. The van der Waals surface area contributed by atoms with Crippen molar-refractivity contribution in [1.29, 1.82) is 0 Å². The van der Waals surface area contributed by atoms with Gasteiger partial charge in [0.2, 0.25) is 0 Å². The fourth-order valence-electron chi connectivity index (χ4n) is 3.01. The van der Waals surface area contributed by atoms with Crippen molar-refractivity contribution in [1.82, 2.24) is 4.90 Å². The lowest BCUT2D eigenvalue weighted by Crippen LogP contribution is -2.35. The van der Waals surface area contributed by atoms with Gasteiger partial charge in [0.15, 0.2) is 0 Å². The van der Waals surface area contributed by atoms with E-state index >= 15 is 0 Å². The molecule has 1 aliphatic rings. The molecule has 0 saturated carbocycles. The minimum Gasteiger partial charge on any atom is -0.392 e. The van der Waals surface area contributed by atoms with Gasteiger partial charge in [0.1, 0.15) is 0 Å². The predicted molar refractivity (Wildman–Crippen MR) is 90.3 cm³/mol. The molecule has 0 spiro atoms. The van der Waals surface area contributed by atoms with Crippen LogP contribution in [0.1, 0.15) is 38.3 Å². The second kappa shape index (κ2) is 7.04. The normalized spacial score (nSPS) is 17.1. The summed E-state index contributed by atoms with van der Waals surface area (Å²) in [6.07, 6.45) is 2.49. The Morgan fingerprint density at radius 3 is 2.20 bits per heavy atom. The highest BCUT2D eigenvalue weighted by atomic mass is 32.1. The molecule has 20 heavy (non-hydrogen) atoms. The number of nitrogens with two attached hydrogens (primary N) is 1. The zero-order valence-electron chi connectivity index (χ0n) is 12.5. The first kappa shape index (κ1) is 15.3. The summed E-state index contributed by atoms with van der Waals surface area (Å²) in [5, 5.41) is 0. The number of thiocarbonyl (C=S) groups is 1. The average Bonchev–Trinajstić information content (AvgIpc) is 2.95. The van der Waals surface area contributed by atoms with Crippen LogP contribution in [0.4, 0.5) is 5.69 Å². The molecule has 1 aromatic carbocycles. The van der Waals surface area contributed by atoms with Gasteiger partial charge < -0.3 is 10.6 Å². The van der Waals surface area contributed by atoms with Crippen molar-refractivity contribution in [2.45, 2.75) is 32.7 Å². The monoisotopic (exact) mass is 291 g/mol. The zero-order chi connectivity index (χ0) is 14.5. The molecule has 1 fully saturated rings. The third-order valence-corrected chi connectivity index (χ3v) is 4.34. The standard InChI is InChI=1S/C16H25N3S/c1-3-18(4-2)14-9-7-13(8-10-14)15(16(17)20)19-11-5-6-12-19/h7-10,15H,3-6,11-12H2,1-2H3,(H2,17,20). The van der Waals surface area contributed by atoms with Gasteiger partial charge in [-0.25, -0.2) is 0 Å². The third-order valence-electron chi connectivity index (χ3n) is 4.11. The van der Waals surface area contributed by atoms with Gasteiger partial charge in [-0.05, 0) is 57.5 Å². The highest BCUT2D eigenvalue weighted by Gasteiger charge is 2.25. The second-order valence-electron chi connectivity index (χ2n) is 5.31. The molecule has 110 valence electrons. The first-order chi connectivity index (χ1) is 9.67. The molecule has 0 bridgehead atoms.